The third kappa shape index (κ3) is 4.65. The van der Waals surface area contributed by atoms with Crippen LogP contribution in [0.2, 0.25) is 5.02 Å². The molecular formula is C21H22ClN3O. The Morgan fingerprint density at radius 3 is 2.38 bits per heavy atom. The lowest BCUT2D eigenvalue weighted by atomic mass is 10.0. The van der Waals surface area contributed by atoms with Crippen LogP contribution >= 0.6 is 11.6 Å². The van der Waals surface area contributed by atoms with Crippen LogP contribution in [0.4, 0.5) is 11.4 Å². The summed E-state index contributed by atoms with van der Waals surface area (Å²) in [5.41, 5.74) is 4.56. The van der Waals surface area contributed by atoms with Gasteiger partial charge in [0.25, 0.3) is 5.91 Å². The van der Waals surface area contributed by atoms with Crippen molar-refractivity contribution in [3.8, 4) is 6.07 Å². The van der Waals surface area contributed by atoms with Gasteiger partial charge < -0.3 is 10.6 Å². The first-order chi connectivity index (χ1) is 12.5. The number of hydrogen-bond acceptors (Lipinski definition) is 3. The fourth-order valence-electron chi connectivity index (χ4n) is 2.57. The van der Waals surface area contributed by atoms with E-state index >= 15 is 0 Å². The third-order valence-electron chi connectivity index (χ3n) is 4.16. The predicted molar refractivity (Wildman–Crippen MR) is 107 cm³/mol. The maximum atomic E-state index is 12.6. The van der Waals surface area contributed by atoms with E-state index in [0.717, 1.165) is 35.2 Å². The second-order valence-corrected chi connectivity index (χ2v) is 6.30. The van der Waals surface area contributed by atoms with Crippen molar-refractivity contribution >= 4 is 28.9 Å². The summed E-state index contributed by atoms with van der Waals surface area (Å²) in [6, 6.07) is 13.4. The van der Waals surface area contributed by atoms with Crippen LogP contribution < -0.4 is 10.6 Å². The zero-order chi connectivity index (χ0) is 19.1. The Bertz CT molecular complexity index is 859. The monoisotopic (exact) mass is 367 g/mol. The van der Waals surface area contributed by atoms with Gasteiger partial charge in [0.2, 0.25) is 0 Å². The maximum absolute atomic E-state index is 12.6. The Balaban J connectivity index is 2.21. The van der Waals surface area contributed by atoms with Crippen molar-refractivity contribution in [1.29, 1.82) is 5.26 Å². The molecule has 0 aromatic heterocycles. The number of carbonyl (C=O) groups excluding carboxylic acids is 1. The van der Waals surface area contributed by atoms with Crippen LogP contribution in [0.15, 0.2) is 48.2 Å². The first kappa shape index (κ1) is 19.6. The van der Waals surface area contributed by atoms with E-state index in [1.165, 1.54) is 6.20 Å². The molecular weight excluding hydrogens is 346 g/mol. The largest absolute Gasteiger partial charge is 0.360 e. The molecule has 0 unspecified atom stereocenters. The summed E-state index contributed by atoms with van der Waals surface area (Å²) in [7, 11) is 0. The molecule has 0 aliphatic carbocycles. The molecule has 0 aliphatic heterocycles. The van der Waals surface area contributed by atoms with Gasteiger partial charge in [0, 0.05) is 22.6 Å². The molecule has 134 valence electrons. The Kier molecular flexibility index (Phi) is 6.82. The number of carbonyl (C=O) groups is 1. The van der Waals surface area contributed by atoms with Crippen molar-refractivity contribution in [1.82, 2.24) is 0 Å². The van der Waals surface area contributed by atoms with Gasteiger partial charge in [-0.1, -0.05) is 49.7 Å². The van der Waals surface area contributed by atoms with E-state index < -0.39 is 5.91 Å². The minimum absolute atomic E-state index is 0.00495. The molecule has 1 amide bonds. The number of hydrogen-bond donors (Lipinski definition) is 2. The summed E-state index contributed by atoms with van der Waals surface area (Å²) in [5, 5.41) is 15.8. The molecule has 2 N–H and O–H groups in total. The van der Waals surface area contributed by atoms with Crippen molar-refractivity contribution in [3.63, 3.8) is 0 Å². The molecule has 0 radical (unpaired) electrons. The van der Waals surface area contributed by atoms with Gasteiger partial charge >= 0.3 is 0 Å². The number of amides is 1. The third-order valence-corrected chi connectivity index (χ3v) is 4.56. The van der Waals surface area contributed by atoms with Crippen LogP contribution in [0.5, 0.6) is 0 Å². The summed E-state index contributed by atoms with van der Waals surface area (Å²) < 4.78 is 0. The van der Waals surface area contributed by atoms with Crippen molar-refractivity contribution in [2.45, 2.75) is 33.6 Å². The van der Waals surface area contributed by atoms with Gasteiger partial charge in [-0.15, -0.1) is 0 Å². The van der Waals surface area contributed by atoms with Gasteiger partial charge in [-0.25, -0.2) is 0 Å². The second-order valence-electron chi connectivity index (χ2n) is 5.89. The molecule has 0 saturated heterocycles. The maximum Gasteiger partial charge on any atom is 0.267 e. The van der Waals surface area contributed by atoms with E-state index in [1.54, 1.807) is 6.07 Å². The number of anilines is 2. The van der Waals surface area contributed by atoms with Crippen molar-refractivity contribution < 1.29 is 4.79 Å². The highest BCUT2D eigenvalue weighted by Crippen LogP contribution is 2.23. The lowest BCUT2D eigenvalue weighted by Gasteiger charge is -2.14. The minimum atomic E-state index is -0.436. The lowest BCUT2D eigenvalue weighted by Crippen LogP contribution is -2.17. The van der Waals surface area contributed by atoms with Crippen LogP contribution in [-0.4, -0.2) is 5.91 Å². The van der Waals surface area contributed by atoms with Gasteiger partial charge in [-0.2, -0.15) is 5.26 Å². The summed E-state index contributed by atoms with van der Waals surface area (Å²) in [6.07, 6.45) is 3.00. The van der Waals surface area contributed by atoms with Crippen molar-refractivity contribution in [2.24, 2.45) is 0 Å². The van der Waals surface area contributed by atoms with E-state index in [4.69, 9.17) is 11.6 Å². The molecule has 0 heterocycles. The SMILES string of the molecule is CCc1cccc(CC)c1NC(=O)/C(C#N)=C\Nc1ccc(C)c(Cl)c1. The average molecular weight is 368 g/mol. The van der Waals surface area contributed by atoms with E-state index in [-0.39, 0.29) is 5.57 Å². The molecule has 0 saturated carbocycles. The Morgan fingerprint density at radius 2 is 1.85 bits per heavy atom. The first-order valence-corrected chi connectivity index (χ1v) is 8.93. The van der Waals surface area contributed by atoms with Gasteiger partial charge in [-0.3, -0.25) is 4.79 Å². The molecule has 2 rings (SSSR count). The van der Waals surface area contributed by atoms with Crippen LogP contribution in [0.1, 0.15) is 30.5 Å². The van der Waals surface area contributed by atoms with Crippen LogP contribution in [0, 0.1) is 18.3 Å². The molecule has 26 heavy (non-hydrogen) atoms. The summed E-state index contributed by atoms with van der Waals surface area (Å²) in [6.45, 7) is 5.98. The normalized spacial score (nSPS) is 11.0. The molecule has 5 heteroatoms. The summed E-state index contributed by atoms with van der Waals surface area (Å²) in [5.74, 6) is -0.436. The topological polar surface area (TPSA) is 64.9 Å². The standard InChI is InChI=1S/C21H22ClN3O/c1-4-15-7-6-8-16(5-2)20(15)25-21(26)17(12-23)13-24-18-10-9-14(3)19(22)11-18/h6-11,13,24H,4-5H2,1-3H3,(H,25,26)/b17-13-. The number of benzene rings is 2. The van der Waals surface area contributed by atoms with Gasteiger partial charge in [0.15, 0.2) is 0 Å². The highest BCUT2D eigenvalue weighted by molar-refractivity contribution is 6.31. The van der Waals surface area contributed by atoms with Gasteiger partial charge in [0.05, 0.1) is 0 Å². The van der Waals surface area contributed by atoms with Crippen molar-refractivity contribution in [2.75, 3.05) is 10.6 Å². The van der Waals surface area contributed by atoms with Gasteiger partial charge in [-0.05, 0) is 48.6 Å². The highest BCUT2D eigenvalue weighted by atomic mass is 35.5. The minimum Gasteiger partial charge on any atom is -0.360 e. The molecule has 2 aromatic carbocycles. The van der Waals surface area contributed by atoms with E-state index in [2.05, 4.69) is 10.6 Å². The zero-order valence-electron chi connectivity index (χ0n) is 15.2. The molecule has 0 fully saturated rings. The number of nitriles is 1. The Morgan fingerprint density at radius 1 is 1.19 bits per heavy atom. The number of halogens is 1. The van der Waals surface area contributed by atoms with Crippen molar-refractivity contribution in [3.05, 3.63) is 69.9 Å². The quantitative estimate of drug-likeness (QED) is 0.542. The van der Waals surface area contributed by atoms with Gasteiger partial charge in [0.1, 0.15) is 11.6 Å². The molecule has 0 aliphatic rings. The molecule has 0 bridgehead atoms. The Labute approximate surface area is 159 Å². The van der Waals surface area contributed by atoms with Crippen LogP contribution in [-0.2, 0) is 17.6 Å². The lowest BCUT2D eigenvalue weighted by molar-refractivity contribution is -0.112. The first-order valence-electron chi connectivity index (χ1n) is 8.55. The van der Waals surface area contributed by atoms with Crippen LogP contribution in [0.3, 0.4) is 0 Å². The number of para-hydroxylation sites is 1. The molecule has 4 nitrogen and oxygen atoms in total. The number of nitrogens with one attached hydrogen (secondary N) is 2. The molecule has 0 atom stereocenters. The number of aryl methyl sites for hydroxylation is 3. The summed E-state index contributed by atoms with van der Waals surface area (Å²) >= 11 is 6.09. The number of rotatable bonds is 6. The predicted octanol–water partition coefficient (Wildman–Crippen LogP) is 5.23. The smallest absolute Gasteiger partial charge is 0.267 e. The second kappa shape index (κ2) is 9.07. The highest BCUT2D eigenvalue weighted by Gasteiger charge is 2.14. The molecule has 2 aromatic rings. The average Bonchev–Trinajstić information content (AvgIpc) is 2.65. The number of nitrogens with zero attached hydrogens (tertiary/aromatic N) is 1. The molecule has 0 spiro atoms. The zero-order valence-corrected chi connectivity index (χ0v) is 15.9. The van der Waals surface area contributed by atoms with Crippen LogP contribution in [0.25, 0.3) is 0 Å². The fourth-order valence-corrected chi connectivity index (χ4v) is 2.75. The van der Waals surface area contributed by atoms with E-state index in [0.29, 0.717) is 10.7 Å². The Hall–Kier alpha value is -2.77. The fraction of sp³-hybridized carbons (Fsp3) is 0.238. The van der Waals surface area contributed by atoms with E-state index in [9.17, 15) is 10.1 Å². The summed E-state index contributed by atoms with van der Waals surface area (Å²) in [4.78, 5) is 12.6. The van der Waals surface area contributed by atoms with E-state index in [1.807, 2.05) is 57.2 Å².